The first-order valence-electron chi connectivity index (χ1n) is 7.56. The summed E-state index contributed by atoms with van der Waals surface area (Å²) in [6, 6.07) is 7.16. The average Bonchev–Trinajstić information content (AvgIpc) is 2.54. The second-order valence-corrected chi connectivity index (χ2v) is 5.97. The SMILES string of the molecule is CCN(C)C=Nc1cc(C)cc(N(C)c2ccc(F)cc2F)c1Cl. The van der Waals surface area contributed by atoms with E-state index >= 15 is 0 Å². The minimum absolute atomic E-state index is 0.240. The molecule has 0 radical (unpaired) electrons. The molecule has 0 heterocycles. The number of aryl methyl sites for hydroxylation is 1. The van der Waals surface area contributed by atoms with Crippen molar-refractivity contribution in [3.8, 4) is 0 Å². The Morgan fingerprint density at radius 1 is 1.12 bits per heavy atom. The second kappa shape index (κ2) is 7.62. The van der Waals surface area contributed by atoms with Crippen LogP contribution in [-0.4, -0.2) is 31.9 Å². The Bertz CT molecular complexity index is 762. The fraction of sp³-hybridized carbons (Fsp3) is 0.278. The van der Waals surface area contributed by atoms with Crippen molar-refractivity contribution < 1.29 is 8.78 Å². The maximum atomic E-state index is 14.1. The molecular formula is C18H20ClF2N3. The van der Waals surface area contributed by atoms with Crippen LogP contribution in [-0.2, 0) is 0 Å². The van der Waals surface area contributed by atoms with E-state index in [9.17, 15) is 8.78 Å². The lowest BCUT2D eigenvalue weighted by Crippen LogP contribution is -2.14. The molecule has 0 aliphatic heterocycles. The molecule has 128 valence electrons. The van der Waals surface area contributed by atoms with Crippen LogP contribution in [0.2, 0.25) is 5.02 Å². The molecule has 2 aromatic carbocycles. The molecule has 24 heavy (non-hydrogen) atoms. The van der Waals surface area contributed by atoms with Gasteiger partial charge < -0.3 is 9.80 Å². The van der Waals surface area contributed by atoms with E-state index in [2.05, 4.69) is 4.99 Å². The minimum atomic E-state index is -0.647. The monoisotopic (exact) mass is 351 g/mol. The van der Waals surface area contributed by atoms with Crippen LogP contribution in [0.15, 0.2) is 35.3 Å². The number of nitrogens with zero attached hydrogens (tertiary/aromatic N) is 3. The molecule has 0 unspecified atom stereocenters. The highest BCUT2D eigenvalue weighted by atomic mass is 35.5. The Hall–Kier alpha value is -2.14. The zero-order valence-electron chi connectivity index (χ0n) is 14.1. The summed E-state index contributed by atoms with van der Waals surface area (Å²) in [6.07, 6.45) is 1.70. The van der Waals surface area contributed by atoms with Crippen LogP contribution in [0.25, 0.3) is 0 Å². The maximum Gasteiger partial charge on any atom is 0.149 e. The third-order valence-corrected chi connectivity index (χ3v) is 4.09. The average molecular weight is 352 g/mol. The van der Waals surface area contributed by atoms with Crippen molar-refractivity contribution in [3.63, 3.8) is 0 Å². The minimum Gasteiger partial charge on any atom is -0.366 e. The van der Waals surface area contributed by atoms with Gasteiger partial charge in [-0.15, -0.1) is 0 Å². The second-order valence-electron chi connectivity index (χ2n) is 5.59. The van der Waals surface area contributed by atoms with Crippen LogP contribution in [0.3, 0.4) is 0 Å². The number of hydrogen-bond donors (Lipinski definition) is 0. The number of halogens is 3. The summed E-state index contributed by atoms with van der Waals surface area (Å²) in [5.41, 5.74) is 2.38. The predicted octanol–water partition coefficient (Wildman–Crippen LogP) is 5.31. The zero-order chi connectivity index (χ0) is 17.9. The van der Waals surface area contributed by atoms with Gasteiger partial charge in [-0.1, -0.05) is 11.6 Å². The molecule has 0 saturated heterocycles. The van der Waals surface area contributed by atoms with Crippen LogP contribution in [0.1, 0.15) is 12.5 Å². The molecule has 2 rings (SSSR count). The van der Waals surface area contributed by atoms with Crippen molar-refractivity contribution in [2.45, 2.75) is 13.8 Å². The zero-order valence-corrected chi connectivity index (χ0v) is 14.9. The number of anilines is 2. The Labute approximate surface area is 146 Å². The van der Waals surface area contributed by atoms with Gasteiger partial charge in [0.1, 0.15) is 11.6 Å². The maximum absolute atomic E-state index is 14.1. The summed E-state index contributed by atoms with van der Waals surface area (Å²) >= 11 is 6.47. The Kier molecular flexibility index (Phi) is 5.78. The van der Waals surface area contributed by atoms with Gasteiger partial charge in [0.25, 0.3) is 0 Å². The molecule has 0 aromatic heterocycles. The fourth-order valence-electron chi connectivity index (χ4n) is 2.19. The molecule has 0 bridgehead atoms. The lowest BCUT2D eigenvalue weighted by atomic mass is 10.1. The molecule has 0 atom stereocenters. The first-order chi connectivity index (χ1) is 11.3. The molecule has 0 saturated carbocycles. The summed E-state index contributed by atoms with van der Waals surface area (Å²) in [6.45, 7) is 4.75. The van der Waals surface area contributed by atoms with E-state index in [0.29, 0.717) is 16.4 Å². The van der Waals surface area contributed by atoms with E-state index in [1.54, 1.807) is 18.3 Å². The van der Waals surface area contributed by atoms with Crippen molar-refractivity contribution in [2.24, 2.45) is 4.99 Å². The molecule has 2 aromatic rings. The lowest BCUT2D eigenvalue weighted by molar-refractivity contribution is 0.552. The number of benzene rings is 2. The van der Waals surface area contributed by atoms with Crippen LogP contribution in [0.4, 0.5) is 25.8 Å². The Morgan fingerprint density at radius 3 is 2.46 bits per heavy atom. The highest BCUT2D eigenvalue weighted by Crippen LogP contribution is 2.39. The number of hydrogen-bond acceptors (Lipinski definition) is 2. The van der Waals surface area contributed by atoms with E-state index < -0.39 is 11.6 Å². The normalized spacial score (nSPS) is 11.1. The van der Waals surface area contributed by atoms with Gasteiger partial charge in [-0.3, -0.25) is 0 Å². The summed E-state index contributed by atoms with van der Waals surface area (Å²) in [5.74, 6) is -1.27. The van der Waals surface area contributed by atoms with Crippen molar-refractivity contribution in [1.29, 1.82) is 0 Å². The Morgan fingerprint density at radius 2 is 1.83 bits per heavy atom. The molecule has 0 aliphatic carbocycles. The standard InChI is InChI=1S/C18H20ClF2N3/c1-5-23(3)11-22-15-8-12(2)9-17(18(15)19)24(4)16-7-6-13(20)10-14(16)21/h6-11H,5H2,1-4H3. The van der Waals surface area contributed by atoms with Gasteiger partial charge in [0.15, 0.2) is 0 Å². The van der Waals surface area contributed by atoms with E-state index in [-0.39, 0.29) is 5.69 Å². The number of aliphatic imine (C=N–C) groups is 1. The van der Waals surface area contributed by atoms with Gasteiger partial charge in [0.2, 0.25) is 0 Å². The van der Waals surface area contributed by atoms with E-state index in [1.165, 1.54) is 12.1 Å². The molecule has 0 amide bonds. The molecule has 3 nitrogen and oxygen atoms in total. The largest absolute Gasteiger partial charge is 0.366 e. The summed E-state index contributed by atoms with van der Waals surface area (Å²) in [4.78, 5) is 7.91. The van der Waals surface area contributed by atoms with Gasteiger partial charge in [-0.25, -0.2) is 13.8 Å². The van der Waals surface area contributed by atoms with Gasteiger partial charge in [0.05, 0.1) is 28.4 Å². The number of rotatable bonds is 5. The highest BCUT2D eigenvalue weighted by Gasteiger charge is 2.16. The van der Waals surface area contributed by atoms with Crippen LogP contribution < -0.4 is 4.90 Å². The van der Waals surface area contributed by atoms with Crippen molar-refractivity contribution in [1.82, 2.24) is 4.90 Å². The Balaban J connectivity index is 2.46. The third kappa shape index (κ3) is 4.03. The topological polar surface area (TPSA) is 18.8 Å². The lowest BCUT2D eigenvalue weighted by Gasteiger charge is -2.22. The first kappa shape index (κ1) is 18.2. The van der Waals surface area contributed by atoms with Crippen LogP contribution >= 0.6 is 11.6 Å². The van der Waals surface area contributed by atoms with Gasteiger partial charge in [-0.05, 0) is 43.7 Å². The smallest absolute Gasteiger partial charge is 0.149 e. The quantitative estimate of drug-likeness (QED) is 0.537. The van der Waals surface area contributed by atoms with E-state index in [1.807, 2.05) is 37.9 Å². The fourth-order valence-corrected chi connectivity index (χ4v) is 2.48. The molecule has 0 aliphatic rings. The van der Waals surface area contributed by atoms with Crippen LogP contribution in [0.5, 0.6) is 0 Å². The van der Waals surface area contributed by atoms with Crippen molar-refractivity contribution in [2.75, 3.05) is 25.5 Å². The molecule has 0 fully saturated rings. The summed E-state index contributed by atoms with van der Waals surface area (Å²) in [7, 11) is 3.59. The van der Waals surface area contributed by atoms with Crippen molar-refractivity contribution in [3.05, 3.63) is 52.6 Å². The molecule has 0 N–H and O–H groups in total. The predicted molar refractivity (Wildman–Crippen MR) is 97.1 cm³/mol. The van der Waals surface area contributed by atoms with E-state index in [0.717, 1.165) is 18.2 Å². The van der Waals surface area contributed by atoms with Gasteiger partial charge in [0, 0.05) is 26.7 Å². The first-order valence-corrected chi connectivity index (χ1v) is 7.94. The molecule has 6 heteroatoms. The molecule has 0 spiro atoms. The van der Waals surface area contributed by atoms with Gasteiger partial charge >= 0.3 is 0 Å². The summed E-state index contributed by atoms with van der Waals surface area (Å²) < 4.78 is 27.2. The summed E-state index contributed by atoms with van der Waals surface area (Å²) in [5, 5.41) is 0.410. The van der Waals surface area contributed by atoms with Crippen molar-refractivity contribution >= 4 is 35.0 Å². The third-order valence-electron chi connectivity index (χ3n) is 3.70. The highest BCUT2D eigenvalue weighted by molar-refractivity contribution is 6.36. The van der Waals surface area contributed by atoms with E-state index in [4.69, 9.17) is 11.6 Å². The van der Waals surface area contributed by atoms with Gasteiger partial charge in [-0.2, -0.15) is 0 Å². The van der Waals surface area contributed by atoms with Crippen LogP contribution in [0, 0.1) is 18.6 Å². The molecular weight excluding hydrogens is 332 g/mol.